The summed E-state index contributed by atoms with van der Waals surface area (Å²) in [6.45, 7) is 23.3. The summed E-state index contributed by atoms with van der Waals surface area (Å²) in [7, 11) is -17.5. The number of hydrogen-bond acceptors (Lipinski definition) is 7. The zero-order valence-corrected chi connectivity index (χ0v) is 27.6. The highest BCUT2D eigenvalue weighted by Gasteiger charge is 2.56. The van der Waals surface area contributed by atoms with Crippen LogP contribution in [0.2, 0.25) is 78.6 Å². The first kappa shape index (κ1) is 30.2. The van der Waals surface area contributed by atoms with Crippen LogP contribution in [0.4, 0.5) is 5.69 Å². The van der Waals surface area contributed by atoms with E-state index < -0.39 is 54.0 Å². The van der Waals surface area contributed by atoms with Gasteiger partial charge in [-0.15, -0.1) is 0 Å². The summed E-state index contributed by atoms with van der Waals surface area (Å²) in [4.78, 5) is 0. The van der Waals surface area contributed by atoms with Crippen molar-refractivity contribution in [1.29, 1.82) is 0 Å². The first-order valence-corrected chi connectivity index (χ1v) is 27.7. The van der Waals surface area contributed by atoms with Gasteiger partial charge in [0.2, 0.25) is 5.52 Å². The van der Waals surface area contributed by atoms with E-state index in [1.165, 1.54) is 0 Å². The van der Waals surface area contributed by atoms with Crippen molar-refractivity contribution in [2.24, 2.45) is 0 Å². The Morgan fingerprint density at radius 1 is 0.594 bits per heavy atom. The van der Waals surface area contributed by atoms with E-state index in [1.807, 2.05) is 109 Å². The van der Waals surface area contributed by atoms with Crippen LogP contribution < -0.4 is 5.32 Å². The van der Waals surface area contributed by atoms with Crippen molar-refractivity contribution in [3.05, 3.63) is 30.3 Å². The third-order valence-electron chi connectivity index (χ3n) is 3.27. The molecular weight excluding hydrogens is 513 g/mol. The van der Waals surface area contributed by atoms with E-state index in [1.54, 1.807) is 0 Å². The lowest BCUT2D eigenvalue weighted by atomic mass is 10.3. The SMILES string of the molecule is C[Si](C)(C)OP(=O)(O[Si](C)(C)C)C(Nc1ccccc1)P(=O)(O[Si](C)(C)C)O[Si](C)(C)C. The van der Waals surface area contributed by atoms with Crippen LogP contribution >= 0.6 is 15.2 Å². The second-order valence-electron chi connectivity index (χ2n) is 11.8. The molecule has 0 aliphatic rings. The molecule has 13 heteroatoms. The van der Waals surface area contributed by atoms with Gasteiger partial charge >= 0.3 is 15.2 Å². The molecule has 1 aromatic rings. The molecule has 32 heavy (non-hydrogen) atoms. The van der Waals surface area contributed by atoms with Crippen LogP contribution in [0.15, 0.2) is 30.3 Å². The van der Waals surface area contributed by atoms with Crippen LogP contribution in [0.3, 0.4) is 0 Å². The molecule has 1 N–H and O–H groups in total. The largest absolute Gasteiger partial charge is 0.362 e. The Balaban J connectivity index is 3.80. The molecule has 0 unspecified atom stereocenters. The van der Waals surface area contributed by atoms with Crippen LogP contribution in [-0.2, 0) is 26.0 Å². The summed E-state index contributed by atoms with van der Waals surface area (Å²) >= 11 is 0. The fourth-order valence-corrected chi connectivity index (χ4v) is 21.3. The monoisotopic (exact) mass is 555 g/mol. The number of nitrogens with one attached hydrogen (secondary N) is 1. The van der Waals surface area contributed by atoms with Crippen molar-refractivity contribution in [2.45, 2.75) is 84.1 Å². The van der Waals surface area contributed by atoms with Crippen molar-refractivity contribution in [2.75, 3.05) is 5.32 Å². The smallest absolute Gasteiger partial charge is 0.345 e. The molecule has 0 bridgehead atoms. The molecule has 0 aliphatic heterocycles. The third kappa shape index (κ3) is 11.1. The molecule has 1 aromatic carbocycles. The molecule has 0 spiro atoms. The highest BCUT2D eigenvalue weighted by Crippen LogP contribution is 2.73. The molecule has 0 radical (unpaired) electrons. The average Bonchev–Trinajstić information content (AvgIpc) is 2.45. The Morgan fingerprint density at radius 3 is 1.12 bits per heavy atom. The molecule has 0 amide bonds. The predicted octanol–water partition coefficient (Wildman–Crippen LogP) is 8.17. The van der Waals surface area contributed by atoms with Gasteiger partial charge in [0.1, 0.15) is 0 Å². The summed E-state index contributed by atoms with van der Waals surface area (Å²) in [5.74, 6) is 0. The average molecular weight is 556 g/mol. The fraction of sp³-hybridized carbons (Fsp3) is 0.684. The molecule has 0 saturated heterocycles. The van der Waals surface area contributed by atoms with Gasteiger partial charge in [-0.05, 0) is 90.7 Å². The minimum Gasteiger partial charge on any atom is -0.362 e. The van der Waals surface area contributed by atoms with E-state index in [-0.39, 0.29) is 0 Å². The van der Waals surface area contributed by atoms with Gasteiger partial charge in [-0.3, -0.25) is 9.13 Å². The lowest BCUT2D eigenvalue weighted by molar-refractivity contribution is 0.355. The second kappa shape index (κ2) is 10.4. The van der Waals surface area contributed by atoms with Crippen molar-refractivity contribution >= 4 is 54.1 Å². The van der Waals surface area contributed by atoms with Crippen molar-refractivity contribution < 1.29 is 26.0 Å². The normalized spacial score (nSPS) is 14.7. The van der Waals surface area contributed by atoms with Crippen molar-refractivity contribution in [1.82, 2.24) is 0 Å². The first-order chi connectivity index (χ1) is 14.0. The lowest BCUT2D eigenvalue weighted by Gasteiger charge is -2.41. The lowest BCUT2D eigenvalue weighted by Crippen LogP contribution is -2.39. The molecule has 7 nitrogen and oxygen atoms in total. The fourth-order valence-electron chi connectivity index (χ4n) is 2.78. The van der Waals surface area contributed by atoms with E-state index >= 15 is 0 Å². The van der Waals surface area contributed by atoms with Gasteiger partial charge in [0.05, 0.1) is 0 Å². The van der Waals surface area contributed by atoms with Crippen LogP contribution in [-0.4, -0.2) is 38.8 Å². The summed E-state index contributed by atoms with van der Waals surface area (Å²) in [6.07, 6.45) is 0. The summed E-state index contributed by atoms with van der Waals surface area (Å²) in [5, 5.41) is 3.21. The zero-order valence-electron chi connectivity index (χ0n) is 21.8. The Hall–Kier alpha value is 0.188. The molecule has 0 fully saturated rings. The molecule has 0 saturated carbocycles. The van der Waals surface area contributed by atoms with Gasteiger partial charge in [-0.25, -0.2) is 0 Å². The molecule has 0 atom stereocenters. The minimum absolute atomic E-state index is 0.648. The topological polar surface area (TPSA) is 83.1 Å². The first-order valence-electron chi connectivity index (χ1n) is 10.9. The van der Waals surface area contributed by atoms with E-state index in [0.29, 0.717) is 5.69 Å². The highest BCUT2D eigenvalue weighted by atomic mass is 31.2. The van der Waals surface area contributed by atoms with E-state index in [2.05, 4.69) is 5.32 Å². The molecular formula is C19H43NO6P2Si4. The Labute approximate surface area is 199 Å². The number of anilines is 1. The van der Waals surface area contributed by atoms with E-state index in [4.69, 9.17) is 16.9 Å². The zero-order chi connectivity index (χ0) is 25.2. The van der Waals surface area contributed by atoms with Crippen LogP contribution in [0, 0.1) is 0 Å². The van der Waals surface area contributed by atoms with Crippen LogP contribution in [0.1, 0.15) is 0 Å². The highest BCUT2D eigenvalue weighted by molar-refractivity contribution is 7.75. The molecule has 186 valence electrons. The van der Waals surface area contributed by atoms with Crippen molar-refractivity contribution in [3.8, 4) is 0 Å². The van der Waals surface area contributed by atoms with Gasteiger partial charge < -0.3 is 22.2 Å². The molecule has 0 aliphatic carbocycles. The third-order valence-corrected chi connectivity index (χ3v) is 19.3. The van der Waals surface area contributed by atoms with E-state index in [9.17, 15) is 9.13 Å². The quantitative estimate of drug-likeness (QED) is 0.206. The van der Waals surface area contributed by atoms with Crippen LogP contribution in [0.25, 0.3) is 0 Å². The second-order valence-corrected chi connectivity index (χ2v) is 35.2. The van der Waals surface area contributed by atoms with E-state index in [0.717, 1.165) is 0 Å². The predicted molar refractivity (Wildman–Crippen MR) is 147 cm³/mol. The maximum Gasteiger partial charge on any atom is 0.345 e. The Bertz CT molecular complexity index is 755. The maximum absolute atomic E-state index is 14.6. The van der Waals surface area contributed by atoms with Gasteiger partial charge in [0.25, 0.3) is 0 Å². The van der Waals surface area contributed by atoms with Gasteiger partial charge in [-0.1, -0.05) is 18.2 Å². The summed E-state index contributed by atoms with van der Waals surface area (Å²) in [6, 6.07) is 9.24. The standard InChI is InChI=1S/C19H43NO6P2Si4/c1-29(2,3)23-27(21,24-30(4,5)6)19(20-18-16-14-13-15-17-18)28(22,25-31(7,8)9)26-32(10,11)12/h13-17,19-20H,1-12H3. The number of hydrogen-bond donors (Lipinski definition) is 1. The Kier molecular flexibility index (Phi) is 9.85. The minimum atomic E-state index is -3.99. The van der Waals surface area contributed by atoms with Crippen LogP contribution in [0.5, 0.6) is 0 Å². The molecule has 0 heterocycles. The Morgan fingerprint density at radius 2 is 0.875 bits per heavy atom. The summed E-state index contributed by atoms with van der Waals surface area (Å²) < 4.78 is 54.3. The summed E-state index contributed by atoms with van der Waals surface area (Å²) in [5.41, 5.74) is -0.621. The number of rotatable bonds is 12. The van der Waals surface area contributed by atoms with Gasteiger partial charge in [-0.2, -0.15) is 0 Å². The number of para-hydroxylation sites is 1. The number of benzene rings is 1. The molecule has 1 rings (SSSR count). The van der Waals surface area contributed by atoms with Gasteiger partial charge in [0, 0.05) is 5.69 Å². The van der Waals surface area contributed by atoms with Crippen molar-refractivity contribution in [3.63, 3.8) is 0 Å². The maximum atomic E-state index is 14.6. The molecule has 0 aromatic heterocycles. The van der Waals surface area contributed by atoms with Gasteiger partial charge in [0.15, 0.2) is 33.3 Å².